The van der Waals surface area contributed by atoms with Crippen LogP contribution in [0.3, 0.4) is 0 Å². The third-order valence-electron chi connectivity index (χ3n) is 7.32. The number of carbonyl (C=O) groups is 3. The van der Waals surface area contributed by atoms with E-state index < -0.39 is 12.0 Å². The van der Waals surface area contributed by atoms with Crippen LogP contribution in [0.25, 0.3) is 0 Å². The number of rotatable bonds is 5. The molecule has 3 aromatic rings. The molecular weight excluding hydrogens is 548 g/mol. The molecule has 2 heterocycles. The van der Waals surface area contributed by atoms with Crippen molar-refractivity contribution in [2.45, 2.75) is 31.8 Å². The van der Waals surface area contributed by atoms with Crippen LogP contribution in [-0.2, 0) is 30.6 Å². The van der Waals surface area contributed by atoms with Gasteiger partial charge in [-0.3, -0.25) is 15.0 Å². The molecule has 1 amide bonds. The second-order valence-electron chi connectivity index (χ2n) is 9.64. The average Bonchev–Trinajstić information content (AvgIpc) is 2.91. The summed E-state index contributed by atoms with van der Waals surface area (Å²) in [6.07, 6.45) is 1.38. The van der Waals surface area contributed by atoms with E-state index in [2.05, 4.69) is 15.9 Å². The summed E-state index contributed by atoms with van der Waals surface area (Å²) in [6, 6.07) is 16.8. The van der Waals surface area contributed by atoms with Gasteiger partial charge >= 0.3 is 5.97 Å². The van der Waals surface area contributed by atoms with E-state index in [1.807, 2.05) is 30.3 Å². The zero-order chi connectivity index (χ0) is 27.0. The standard InChI is InChI=1S/C29H27BrN4O4/c30-24-3-1-2-23-22(24)11-13-34(26(23)25(35)14-17-4-6-18(7-5-17)28(37)38)27(36)20-8-9-21-16-33(29(31)32)12-10-19(21)15-20/h1-9,15,26H,10-14,16H2,(H3,31,32)(H,37,38). The average molecular weight is 575 g/mol. The first-order valence-electron chi connectivity index (χ1n) is 12.4. The highest BCUT2D eigenvalue weighted by atomic mass is 79.9. The molecule has 0 saturated heterocycles. The van der Waals surface area contributed by atoms with Crippen LogP contribution in [0, 0.1) is 5.41 Å². The van der Waals surface area contributed by atoms with Gasteiger partial charge in [-0.15, -0.1) is 0 Å². The van der Waals surface area contributed by atoms with Gasteiger partial charge in [0.2, 0.25) is 0 Å². The van der Waals surface area contributed by atoms with Crippen LogP contribution in [0.5, 0.6) is 0 Å². The number of aromatic carboxylic acids is 1. The first kappa shape index (κ1) is 25.7. The van der Waals surface area contributed by atoms with Crippen molar-refractivity contribution < 1.29 is 19.5 Å². The summed E-state index contributed by atoms with van der Waals surface area (Å²) in [5, 5.41) is 16.9. The summed E-state index contributed by atoms with van der Waals surface area (Å²) >= 11 is 3.61. The van der Waals surface area contributed by atoms with Gasteiger partial charge in [-0.05, 0) is 71.0 Å². The van der Waals surface area contributed by atoms with Crippen LogP contribution >= 0.6 is 15.9 Å². The molecule has 4 N–H and O–H groups in total. The lowest BCUT2D eigenvalue weighted by atomic mass is 9.87. The van der Waals surface area contributed by atoms with Gasteiger partial charge in [0.15, 0.2) is 11.7 Å². The maximum Gasteiger partial charge on any atom is 0.335 e. The number of hydrogen-bond donors (Lipinski definition) is 3. The highest BCUT2D eigenvalue weighted by Crippen LogP contribution is 2.36. The number of hydrogen-bond acceptors (Lipinski definition) is 4. The van der Waals surface area contributed by atoms with Gasteiger partial charge in [0.05, 0.1) is 5.56 Å². The van der Waals surface area contributed by atoms with Crippen molar-refractivity contribution >= 4 is 39.5 Å². The molecule has 0 radical (unpaired) electrons. The molecule has 38 heavy (non-hydrogen) atoms. The molecule has 2 aliphatic rings. The van der Waals surface area contributed by atoms with E-state index in [4.69, 9.17) is 11.1 Å². The Bertz CT molecular complexity index is 1450. The number of carbonyl (C=O) groups excluding carboxylic acids is 2. The predicted molar refractivity (Wildman–Crippen MR) is 146 cm³/mol. The molecular formula is C29H27BrN4O4. The highest BCUT2D eigenvalue weighted by Gasteiger charge is 2.37. The monoisotopic (exact) mass is 574 g/mol. The number of carboxylic acids is 1. The van der Waals surface area contributed by atoms with Crippen molar-refractivity contribution in [1.29, 1.82) is 5.41 Å². The summed E-state index contributed by atoms with van der Waals surface area (Å²) in [6.45, 7) is 1.55. The largest absolute Gasteiger partial charge is 0.478 e. The molecule has 0 bridgehead atoms. The topological polar surface area (TPSA) is 128 Å². The number of benzene rings is 3. The SMILES string of the molecule is N=C(N)N1CCc2cc(C(=O)N3CCc4c(Br)cccc4C3C(=O)Cc3ccc(C(=O)O)cc3)ccc2C1. The fourth-order valence-corrected chi connectivity index (χ4v) is 5.89. The fourth-order valence-electron chi connectivity index (χ4n) is 5.31. The van der Waals surface area contributed by atoms with Crippen molar-refractivity contribution in [2.75, 3.05) is 13.1 Å². The van der Waals surface area contributed by atoms with Crippen LogP contribution in [0.15, 0.2) is 65.1 Å². The van der Waals surface area contributed by atoms with Crippen LogP contribution in [0.1, 0.15) is 54.6 Å². The van der Waals surface area contributed by atoms with Gasteiger partial charge in [-0.1, -0.05) is 46.3 Å². The molecule has 5 rings (SSSR count). The van der Waals surface area contributed by atoms with Gasteiger partial charge in [0, 0.05) is 36.1 Å². The Morgan fingerprint density at radius 3 is 2.42 bits per heavy atom. The molecule has 8 nitrogen and oxygen atoms in total. The van der Waals surface area contributed by atoms with Crippen LogP contribution in [0.4, 0.5) is 0 Å². The summed E-state index contributed by atoms with van der Waals surface area (Å²) in [7, 11) is 0. The fraction of sp³-hybridized carbons (Fsp3) is 0.241. The number of amides is 1. The van der Waals surface area contributed by atoms with E-state index >= 15 is 0 Å². The second kappa shape index (κ2) is 10.4. The number of fused-ring (bicyclic) bond motifs is 2. The third kappa shape index (κ3) is 4.93. The molecule has 0 aliphatic carbocycles. The van der Waals surface area contributed by atoms with Gasteiger partial charge in [0.25, 0.3) is 5.91 Å². The van der Waals surface area contributed by atoms with Crippen molar-refractivity contribution in [3.8, 4) is 0 Å². The summed E-state index contributed by atoms with van der Waals surface area (Å²) in [4.78, 5) is 42.3. The van der Waals surface area contributed by atoms with Crippen molar-refractivity contribution in [3.63, 3.8) is 0 Å². The van der Waals surface area contributed by atoms with Crippen LogP contribution < -0.4 is 5.73 Å². The molecule has 9 heteroatoms. The zero-order valence-electron chi connectivity index (χ0n) is 20.6. The predicted octanol–water partition coefficient (Wildman–Crippen LogP) is 3.95. The minimum Gasteiger partial charge on any atom is -0.478 e. The first-order chi connectivity index (χ1) is 18.2. The van der Waals surface area contributed by atoms with Gasteiger partial charge < -0.3 is 20.6 Å². The van der Waals surface area contributed by atoms with E-state index in [0.717, 1.165) is 26.7 Å². The maximum absolute atomic E-state index is 13.9. The smallest absolute Gasteiger partial charge is 0.335 e. The Labute approximate surface area is 228 Å². The summed E-state index contributed by atoms with van der Waals surface area (Å²) < 4.78 is 0.912. The minimum atomic E-state index is -1.02. The van der Waals surface area contributed by atoms with E-state index in [1.54, 1.807) is 28.0 Å². The first-order valence-corrected chi connectivity index (χ1v) is 13.2. The molecule has 2 aliphatic heterocycles. The Morgan fingerprint density at radius 1 is 0.974 bits per heavy atom. The van der Waals surface area contributed by atoms with Gasteiger partial charge in [-0.2, -0.15) is 0 Å². The summed E-state index contributed by atoms with van der Waals surface area (Å²) in [5.74, 6) is -1.32. The van der Waals surface area contributed by atoms with Gasteiger partial charge in [-0.25, -0.2) is 4.79 Å². The summed E-state index contributed by atoms with van der Waals surface area (Å²) in [5.41, 5.74) is 10.9. The minimum absolute atomic E-state index is 0.0351. The van der Waals surface area contributed by atoms with E-state index in [1.165, 1.54) is 12.1 Å². The molecule has 0 spiro atoms. The number of nitrogens with zero attached hydrogens (tertiary/aromatic N) is 2. The molecule has 0 aromatic heterocycles. The molecule has 1 atom stereocenters. The van der Waals surface area contributed by atoms with E-state index in [9.17, 15) is 19.5 Å². The number of nitrogens with one attached hydrogen (secondary N) is 1. The zero-order valence-corrected chi connectivity index (χ0v) is 22.2. The number of halogens is 1. The molecule has 194 valence electrons. The molecule has 0 saturated carbocycles. The Balaban J connectivity index is 1.45. The maximum atomic E-state index is 13.9. The highest BCUT2D eigenvalue weighted by molar-refractivity contribution is 9.10. The van der Waals surface area contributed by atoms with Crippen molar-refractivity contribution in [2.24, 2.45) is 5.73 Å². The second-order valence-corrected chi connectivity index (χ2v) is 10.5. The van der Waals surface area contributed by atoms with Gasteiger partial charge in [0.1, 0.15) is 6.04 Å². The lowest BCUT2D eigenvalue weighted by Gasteiger charge is -2.37. The third-order valence-corrected chi connectivity index (χ3v) is 8.06. The Kier molecular flexibility index (Phi) is 7.03. The number of guanidine groups is 1. The van der Waals surface area contributed by atoms with E-state index in [0.29, 0.717) is 43.6 Å². The lowest BCUT2D eigenvalue weighted by molar-refractivity contribution is -0.123. The van der Waals surface area contributed by atoms with E-state index in [-0.39, 0.29) is 29.6 Å². The number of nitrogens with two attached hydrogens (primary N) is 1. The van der Waals surface area contributed by atoms with Crippen molar-refractivity contribution in [1.82, 2.24) is 9.80 Å². The number of Topliss-reactive ketones (excluding diaryl/α,β-unsaturated/α-hetero) is 1. The van der Waals surface area contributed by atoms with Crippen molar-refractivity contribution in [3.05, 3.63) is 104 Å². The Morgan fingerprint density at radius 2 is 1.71 bits per heavy atom. The van der Waals surface area contributed by atoms with Crippen LogP contribution in [-0.4, -0.2) is 51.6 Å². The normalized spacial score (nSPS) is 16.4. The molecule has 3 aromatic carbocycles. The lowest BCUT2D eigenvalue weighted by Crippen LogP contribution is -2.44. The number of ketones is 1. The quantitative estimate of drug-likeness (QED) is 0.312. The molecule has 1 unspecified atom stereocenters. The Hall–Kier alpha value is -3.98. The van der Waals surface area contributed by atoms with Crippen LogP contribution in [0.2, 0.25) is 0 Å². The number of carboxylic acid groups (broad SMARTS) is 1. The molecule has 0 fully saturated rings.